The van der Waals surface area contributed by atoms with Gasteiger partial charge in [-0.2, -0.15) is 0 Å². The second kappa shape index (κ2) is 8.61. The molecule has 0 aliphatic rings. The molecule has 0 aromatic rings. The standard InChI is InChI=1S/C11H17O3Si/c1-4-7-12-10-11(15,13-8-5-2)14-9-6-3/h4-6H,1-3,7-10H2. The van der Waals surface area contributed by atoms with Crippen LogP contribution in [0.15, 0.2) is 38.0 Å². The maximum absolute atomic E-state index is 5.39. The molecular formula is C11H17O3Si. The van der Waals surface area contributed by atoms with E-state index in [0.29, 0.717) is 19.8 Å². The van der Waals surface area contributed by atoms with E-state index in [0.717, 1.165) is 0 Å². The zero-order chi connectivity index (χ0) is 11.6. The number of rotatable bonds is 10. The summed E-state index contributed by atoms with van der Waals surface area (Å²) in [6.45, 7) is 12.1. The molecule has 0 N–H and O–H groups in total. The minimum Gasteiger partial charge on any atom is -0.372 e. The second-order valence-electron chi connectivity index (χ2n) is 2.76. The molecule has 0 heterocycles. The third-order valence-corrected chi connectivity index (χ3v) is 1.83. The Hall–Kier alpha value is -0.683. The molecule has 3 nitrogen and oxygen atoms in total. The molecule has 0 atom stereocenters. The van der Waals surface area contributed by atoms with Gasteiger partial charge in [0.05, 0.1) is 26.4 Å². The van der Waals surface area contributed by atoms with Crippen LogP contribution in [0, 0.1) is 0 Å². The van der Waals surface area contributed by atoms with Gasteiger partial charge in [0.2, 0.25) is 0 Å². The first-order valence-corrected chi connectivity index (χ1v) is 5.12. The molecule has 3 radical (unpaired) electrons. The lowest BCUT2D eigenvalue weighted by Crippen LogP contribution is -2.42. The first-order valence-electron chi connectivity index (χ1n) is 4.62. The van der Waals surface area contributed by atoms with Crippen LogP contribution in [0.5, 0.6) is 0 Å². The number of ether oxygens (including phenoxy) is 3. The third kappa shape index (κ3) is 7.27. The zero-order valence-electron chi connectivity index (χ0n) is 8.91. The molecule has 83 valence electrons. The average Bonchev–Trinajstić information content (AvgIpc) is 2.24. The van der Waals surface area contributed by atoms with Gasteiger partial charge in [0.25, 0.3) is 0 Å². The number of hydrogen-bond acceptors (Lipinski definition) is 3. The van der Waals surface area contributed by atoms with E-state index in [4.69, 9.17) is 14.2 Å². The molecule has 15 heavy (non-hydrogen) atoms. The highest BCUT2D eigenvalue weighted by molar-refractivity contribution is 6.13. The molecule has 4 heteroatoms. The summed E-state index contributed by atoms with van der Waals surface area (Å²) in [5.74, 6) is 0. The van der Waals surface area contributed by atoms with Crippen LogP contribution in [-0.2, 0) is 14.2 Å². The fraction of sp³-hybridized carbons (Fsp3) is 0.455. The molecule has 0 unspecified atom stereocenters. The maximum Gasteiger partial charge on any atom is 0.167 e. The summed E-state index contributed by atoms with van der Waals surface area (Å²) in [7, 11) is 3.37. The summed E-state index contributed by atoms with van der Waals surface area (Å²) < 4.78 is 16.0. The Morgan fingerprint density at radius 1 is 0.933 bits per heavy atom. The van der Waals surface area contributed by atoms with Crippen LogP contribution in [0.4, 0.5) is 0 Å². The SMILES string of the molecule is C=CCOCC([Si])(OCC=C)OCC=C. The van der Waals surface area contributed by atoms with Gasteiger partial charge in [-0.25, -0.2) is 0 Å². The van der Waals surface area contributed by atoms with Crippen molar-refractivity contribution in [3.05, 3.63) is 38.0 Å². The molecule has 0 fully saturated rings. The Labute approximate surface area is 94.8 Å². The van der Waals surface area contributed by atoms with Gasteiger partial charge in [0, 0.05) is 0 Å². The lowest BCUT2D eigenvalue weighted by molar-refractivity contribution is -0.193. The highest BCUT2D eigenvalue weighted by Crippen LogP contribution is 2.09. The molecule has 0 aromatic carbocycles. The van der Waals surface area contributed by atoms with Gasteiger partial charge < -0.3 is 14.2 Å². The molecule has 0 amide bonds. The molecule has 0 saturated carbocycles. The molecule has 0 bridgehead atoms. The van der Waals surface area contributed by atoms with E-state index < -0.39 is 5.41 Å². The second-order valence-corrected chi connectivity index (χ2v) is 3.52. The van der Waals surface area contributed by atoms with E-state index in [-0.39, 0.29) is 6.61 Å². The fourth-order valence-electron chi connectivity index (χ4n) is 0.789. The lowest BCUT2D eigenvalue weighted by atomic mass is 10.6. The molecule has 0 saturated heterocycles. The summed E-state index contributed by atoms with van der Waals surface area (Å²) in [6, 6.07) is 0. The van der Waals surface area contributed by atoms with Crippen LogP contribution in [0.2, 0.25) is 0 Å². The van der Waals surface area contributed by atoms with E-state index in [1.54, 1.807) is 18.2 Å². The highest BCUT2D eigenvalue weighted by Gasteiger charge is 2.25. The van der Waals surface area contributed by atoms with Crippen LogP contribution in [0.3, 0.4) is 0 Å². The van der Waals surface area contributed by atoms with Crippen LogP contribution < -0.4 is 0 Å². The molecule has 0 aromatic heterocycles. The summed E-state index contributed by atoms with van der Waals surface area (Å²) in [4.78, 5) is 0. The van der Waals surface area contributed by atoms with Crippen LogP contribution >= 0.6 is 0 Å². The summed E-state index contributed by atoms with van der Waals surface area (Å²) >= 11 is 0. The van der Waals surface area contributed by atoms with Crippen molar-refractivity contribution in [3.63, 3.8) is 0 Å². The van der Waals surface area contributed by atoms with Gasteiger partial charge in [0.15, 0.2) is 5.41 Å². The van der Waals surface area contributed by atoms with Crippen molar-refractivity contribution in [1.29, 1.82) is 0 Å². The van der Waals surface area contributed by atoms with Gasteiger partial charge in [0.1, 0.15) is 10.2 Å². The normalized spacial score (nSPS) is 11.0. The molecule has 0 aliphatic heterocycles. The Morgan fingerprint density at radius 2 is 1.40 bits per heavy atom. The van der Waals surface area contributed by atoms with Crippen molar-refractivity contribution in [3.8, 4) is 0 Å². The minimum absolute atomic E-state index is 0.261. The van der Waals surface area contributed by atoms with Gasteiger partial charge in [-0.1, -0.05) is 18.2 Å². The van der Waals surface area contributed by atoms with Crippen LogP contribution in [0.1, 0.15) is 0 Å². The van der Waals surface area contributed by atoms with Gasteiger partial charge in [-0.05, 0) is 0 Å². The van der Waals surface area contributed by atoms with Crippen molar-refractivity contribution >= 4 is 10.2 Å². The van der Waals surface area contributed by atoms with Gasteiger partial charge in [-0.15, -0.1) is 19.7 Å². The van der Waals surface area contributed by atoms with E-state index in [1.165, 1.54) is 0 Å². The molecular weight excluding hydrogens is 208 g/mol. The maximum atomic E-state index is 5.39. The number of hydrogen-bond donors (Lipinski definition) is 0. The van der Waals surface area contributed by atoms with E-state index in [2.05, 4.69) is 30.0 Å². The monoisotopic (exact) mass is 225 g/mol. The van der Waals surface area contributed by atoms with Gasteiger partial charge >= 0.3 is 0 Å². The smallest absolute Gasteiger partial charge is 0.167 e. The fourth-order valence-corrected chi connectivity index (χ4v) is 1.06. The quantitative estimate of drug-likeness (QED) is 0.243. The lowest BCUT2D eigenvalue weighted by Gasteiger charge is -2.28. The predicted octanol–water partition coefficient (Wildman–Crippen LogP) is 1.42. The first kappa shape index (κ1) is 14.3. The molecule has 0 rings (SSSR count). The van der Waals surface area contributed by atoms with E-state index in [9.17, 15) is 0 Å². The van der Waals surface area contributed by atoms with Gasteiger partial charge in [-0.3, -0.25) is 0 Å². The zero-order valence-corrected chi connectivity index (χ0v) is 9.91. The predicted molar refractivity (Wildman–Crippen MR) is 61.8 cm³/mol. The molecule has 0 aliphatic carbocycles. The third-order valence-electron chi connectivity index (χ3n) is 1.40. The topological polar surface area (TPSA) is 27.7 Å². The van der Waals surface area contributed by atoms with Crippen molar-refractivity contribution in [1.82, 2.24) is 0 Å². The Kier molecular flexibility index (Phi) is 8.22. The largest absolute Gasteiger partial charge is 0.372 e. The Morgan fingerprint density at radius 3 is 1.80 bits per heavy atom. The Balaban J connectivity index is 4.05. The van der Waals surface area contributed by atoms with Crippen molar-refractivity contribution < 1.29 is 14.2 Å². The Bertz CT molecular complexity index is 192. The average molecular weight is 225 g/mol. The van der Waals surface area contributed by atoms with E-state index in [1.807, 2.05) is 0 Å². The van der Waals surface area contributed by atoms with Crippen molar-refractivity contribution in [2.24, 2.45) is 0 Å². The first-order chi connectivity index (χ1) is 7.18. The highest BCUT2D eigenvalue weighted by atomic mass is 28.1. The molecule has 0 spiro atoms. The summed E-state index contributed by atoms with van der Waals surface area (Å²) in [5, 5.41) is 0. The minimum atomic E-state index is -0.953. The van der Waals surface area contributed by atoms with Crippen molar-refractivity contribution in [2.45, 2.75) is 5.41 Å². The van der Waals surface area contributed by atoms with Crippen molar-refractivity contribution in [2.75, 3.05) is 26.4 Å². The van der Waals surface area contributed by atoms with Crippen LogP contribution in [-0.4, -0.2) is 42.1 Å². The summed E-state index contributed by atoms with van der Waals surface area (Å²) in [5.41, 5.74) is -0.953. The van der Waals surface area contributed by atoms with E-state index >= 15 is 0 Å². The van der Waals surface area contributed by atoms with Crippen LogP contribution in [0.25, 0.3) is 0 Å². The summed E-state index contributed by atoms with van der Waals surface area (Å²) in [6.07, 6.45) is 4.94.